The molecule has 1 aliphatic heterocycles. The Balaban J connectivity index is 1.79. The molecule has 1 heterocycles. The monoisotopic (exact) mass is 412 g/mol. The minimum absolute atomic E-state index is 0.0201. The second-order valence-corrected chi connectivity index (χ2v) is 7.09. The summed E-state index contributed by atoms with van der Waals surface area (Å²) in [6, 6.07) is 11.3. The molecule has 1 atom stereocenters. The second-order valence-electron chi connectivity index (χ2n) is 7.09. The van der Waals surface area contributed by atoms with Gasteiger partial charge in [0.05, 0.1) is 31.4 Å². The van der Waals surface area contributed by atoms with E-state index in [-0.39, 0.29) is 30.9 Å². The zero-order chi connectivity index (χ0) is 21.7. The summed E-state index contributed by atoms with van der Waals surface area (Å²) >= 11 is 0. The van der Waals surface area contributed by atoms with Crippen molar-refractivity contribution in [3.8, 4) is 11.5 Å². The minimum atomic E-state index is -0.591. The number of carbonyl (C=O) groups excluding carboxylic acids is 3. The van der Waals surface area contributed by atoms with Crippen molar-refractivity contribution in [3.05, 3.63) is 53.6 Å². The highest BCUT2D eigenvalue weighted by atomic mass is 16.5. The molecule has 0 bridgehead atoms. The largest absolute Gasteiger partial charge is 0.497 e. The lowest BCUT2D eigenvalue weighted by Crippen LogP contribution is -2.31. The van der Waals surface area contributed by atoms with Crippen LogP contribution in [0.2, 0.25) is 0 Å². The molecular formula is C22H24N2O6. The van der Waals surface area contributed by atoms with Crippen LogP contribution >= 0.6 is 0 Å². The Morgan fingerprint density at radius 1 is 1.17 bits per heavy atom. The highest BCUT2D eigenvalue weighted by molar-refractivity contribution is 5.99. The number of ether oxygens (including phenoxy) is 3. The Bertz CT molecular complexity index is 939. The maximum absolute atomic E-state index is 12.9. The molecule has 0 radical (unpaired) electrons. The van der Waals surface area contributed by atoms with Crippen molar-refractivity contribution in [1.82, 2.24) is 5.32 Å². The molecule has 0 fully saturated rings. The van der Waals surface area contributed by atoms with Crippen LogP contribution in [0.15, 0.2) is 42.5 Å². The van der Waals surface area contributed by atoms with Crippen molar-refractivity contribution in [2.75, 3.05) is 19.0 Å². The van der Waals surface area contributed by atoms with Gasteiger partial charge >= 0.3 is 5.97 Å². The normalized spacial score (nSPS) is 13.5. The number of methoxy groups -OCH3 is 1. The molecule has 0 aromatic heterocycles. The number of benzene rings is 2. The number of fused-ring (bicyclic) bond motifs is 1. The lowest BCUT2D eigenvalue weighted by Gasteiger charge is -2.21. The molecule has 8 heteroatoms. The highest BCUT2D eigenvalue weighted by Gasteiger charge is 2.23. The number of esters is 1. The maximum Gasteiger partial charge on any atom is 0.308 e. The Kier molecular flexibility index (Phi) is 6.56. The van der Waals surface area contributed by atoms with Crippen LogP contribution in [-0.4, -0.2) is 37.6 Å². The Morgan fingerprint density at radius 3 is 2.57 bits per heavy atom. The highest BCUT2D eigenvalue weighted by Crippen LogP contribution is 2.29. The molecular weight excluding hydrogens is 388 g/mol. The van der Waals surface area contributed by atoms with Gasteiger partial charge in [0.15, 0.2) is 6.61 Å². The summed E-state index contributed by atoms with van der Waals surface area (Å²) in [6.45, 7) is 3.43. The van der Waals surface area contributed by atoms with Gasteiger partial charge in [-0.15, -0.1) is 0 Å². The summed E-state index contributed by atoms with van der Waals surface area (Å²) in [5, 5.41) is 5.56. The third-order valence-electron chi connectivity index (χ3n) is 4.44. The van der Waals surface area contributed by atoms with Gasteiger partial charge in [0.25, 0.3) is 11.8 Å². The first kappa shape index (κ1) is 21.2. The Hall–Kier alpha value is -3.55. The van der Waals surface area contributed by atoms with Crippen molar-refractivity contribution in [2.24, 2.45) is 0 Å². The van der Waals surface area contributed by atoms with Crippen molar-refractivity contribution < 1.29 is 28.6 Å². The molecule has 1 aliphatic rings. The van der Waals surface area contributed by atoms with Crippen LogP contribution in [0, 0.1) is 0 Å². The first-order valence-electron chi connectivity index (χ1n) is 9.56. The van der Waals surface area contributed by atoms with Gasteiger partial charge in [-0.3, -0.25) is 14.4 Å². The molecule has 3 rings (SSSR count). The molecule has 0 saturated heterocycles. The van der Waals surface area contributed by atoms with Crippen LogP contribution in [-0.2, 0) is 14.3 Å². The maximum atomic E-state index is 12.9. The fourth-order valence-electron chi connectivity index (χ4n) is 3.02. The van der Waals surface area contributed by atoms with Crippen LogP contribution < -0.4 is 20.1 Å². The summed E-state index contributed by atoms with van der Waals surface area (Å²) in [6.07, 6.45) is -0.272. The van der Waals surface area contributed by atoms with Crippen molar-refractivity contribution in [3.63, 3.8) is 0 Å². The topological polar surface area (TPSA) is 103 Å². The van der Waals surface area contributed by atoms with E-state index in [9.17, 15) is 14.4 Å². The Labute approximate surface area is 174 Å². The third-order valence-corrected chi connectivity index (χ3v) is 4.44. The van der Waals surface area contributed by atoms with Gasteiger partial charge in [0.2, 0.25) is 0 Å². The molecule has 0 spiro atoms. The summed E-state index contributed by atoms with van der Waals surface area (Å²) in [5.41, 5.74) is 1.60. The van der Waals surface area contributed by atoms with E-state index in [1.54, 1.807) is 63.4 Å². The van der Waals surface area contributed by atoms with Gasteiger partial charge < -0.3 is 24.8 Å². The van der Waals surface area contributed by atoms with Crippen molar-refractivity contribution >= 4 is 23.5 Å². The van der Waals surface area contributed by atoms with E-state index in [1.807, 2.05) is 0 Å². The molecule has 0 saturated carbocycles. The van der Waals surface area contributed by atoms with Crippen LogP contribution in [0.1, 0.15) is 42.2 Å². The molecule has 2 N–H and O–H groups in total. The van der Waals surface area contributed by atoms with Crippen LogP contribution in [0.4, 0.5) is 5.69 Å². The van der Waals surface area contributed by atoms with Crippen molar-refractivity contribution in [2.45, 2.75) is 32.4 Å². The molecule has 2 aromatic rings. The molecule has 2 amide bonds. The number of amides is 2. The summed E-state index contributed by atoms with van der Waals surface area (Å²) < 4.78 is 15.8. The molecule has 158 valence electrons. The molecule has 0 unspecified atom stereocenters. The van der Waals surface area contributed by atoms with E-state index in [0.29, 0.717) is 22.7 Å². The van der Waals surface area contributed by atoms with Gasteiger partial charge in [-0.05, 0) is 49.7 Å². The van der Waals surface area contributed by atoms with Gasteiger partial charge in [-0.2, -0.15) is 0 Å². The standard InChI is InChI=1S/C22H24N2O6/c1-13(2)30-21(26)11-18(14-4-7-16(28-3)8-5-14)24-22(27)15-6-9-17-19(10-15)29-12-20(25)23-17/h4-10,13,18H,11-12H2,1-3H3,(H,23,25)(H,24,27)/t18-/m1/s1. The number of rotatable bonds is 7. The fraction of sp³-hybridized carbons (Fsp3) is 0.318. The SMILES string of the molecule is COc1ccc([C@@H](CC(=O)OC(C)C)NC(=O)c2ccc3c(c2)OCC(=O)N3)cc1. The molecule has 8 nitrogen and oxygen atoms in total. The molecule has 30 heavy (non-hydrogen) atoms. The summed E-state index contributed by atoms with van der Waals surface area (Å²) in [4.78, 5) is 36.5. The van der Waals surface area contributed by atoms with E-state index >= 15 is 0 Å². The van der Waals surface area contributed by atoms with Gasteiger partial charge in [-0.25, -0.2) is 0 Å². The minimum Gasteiger partial charge on any atom is -0.497 e. The summed E-state index contributed by atoms with van der Waals surface area (Å²) in [7, 11) is 1.56. The number of hydrogen-bond donors (Lipinski definition) is 2. The quantitative estimate of drug-likeness (QED) is 0.678. The molecule has 0 aliphatic carbocycles. The van der Waals surface area contributed by atoms with Gasteiger partial charge in [-0.1, -0.05) is 12.1 Å². The zero-order valence-corrected chi connectivity index (χ0v) is 17.1. The van der Waals surface area contributed by atoms with E-state index in [1.165, 1.54) is 0 Å². The third kappa shape index (κ3) is 5.28. The number of hydrogen-bond acceptors (Lipinski definition) is 6. The second kappa shape index (κ2) is 9.30. The number of anilines is 1. The van der Waals surface area contributed by atoms with Crippen LogP contribution in [0.25, 0.3) is 0 Å². The lowest BCUT2D eigenvalue weighted by molar-refractivity contribution is -0.148. The van der Waals surface area contributed by atoms with Gasteiger partial charge in [0, 0.05) is 5.56 Å². The van der Waals surface area contributed by atoms with E-state index in [4.69, 9.17) is 14.2 Å². The number of nitrogens with one attached hydrogen (secondary N) is 2. The molecule has 2 aromatic carbocycles. The fourth-order valence-corrected chi connectivity index (χ4v) is 3.02. The zero-order valence-electron chi connectivity index (χ0n) is 17.1. The van der Waals surface area contributed by atoms with E-state index < -0.39 is 12.0 Å². The van der Waals surface area contributed by atoms with E-state index in [0.717, 1.165) is 5.56 Å². The lowest BCUT2D eigenvalue weighted by atomic mass is 10.0. The predicted octanol–water partition coefficient (Wildman–Crippen LogP) is 2.84. The van der Waals surface area contributed by atoms with Crippen LogP contribution in [0.3, 0.4) is 0 Å². The average molecular weight is 412 g/mol. The van der Waals surface area contributed by atoms with Crippen molar-refractivity contribution in [1.29, 1.82) is 0 Å². The number of carbonyl (C=O) groups is 3. The predicted molar refractivity (Wildman–Crippen MR) is 110 cm³/mol. The first-order chi connectivity index (χ1) is 14.4. The van der Waals surface area contributed by atoms with E-state index in [2.05, 4.69) is 10.6 Å². The summed E-state index contributed by atoms with van der Waals surface area (Å²) in [5.74, 6) is 0.0481. The Morgan fingerprint density at radius 2 is 1.90 bits per heavy atom. The van der Waals surface area contributed by atoms with Gasteiger partial charge in [0.1, 0.15) is 11.5 Å². The van der Waals surface area contributed by atoms with Crippen LogP contribution in [0.5, 0.6) is 11.5 Å². The average Bonchev–Trinajstić information content (AvgIpc) is 2.72. The smallest absolute Gasteiger partial charge is 0.308 e. The first-order valence-corrected chi connectivity index (χ1v) is 9.56.